The van der Waals surface area contributed by atoms with Crippen LogP contribution in [0.2, 0.25) is 0 Å². The van der Waals surface area contributed by atoms with Crippen molar-refractivity contribution in [1.29, 1.82) is 0 Å². The second-order valence-electron chi connectivity index (χ2n) is 6.37. The van der Waals surface area contributed by atoms with Gasteiger partial charge >= 0.3 is 29.6 Å². The van der Waals surface area contributed by atoms with Gasteiger partial charge in [-0.05, 0) is 25.7 Å². The summed E-state index contributed by atoms with van der Waals surface area (Å²) in [6.45, 7) is 4.06. The molecular formula is C17H35NaO4S. The maximum absolute atomic E-state index is 11.3. The van der Waals surface area contributed by atoms with E-state index in [9.17, 15) is 18.1 Å². The van der Waals surface area contributed by atoms with Gasteiger partial charge in [0.15, 0.2) is 0 Å². The predicted octanol–water partition coefficient (Wildman–Crippen LogP) is 1.38. The van der Waals surface area contributed by atoms with Gasteiger partial charge in [0.2, 0.25) is 0 Å². The van der Waals surface area contributed by atoms with Gasteiger partial charge in [-0.1, -0.05) is 71.6 Å². The van der Waals surface area contributed by atoms with E-state index in [-0.39, 0.29) is 36.0 Å². The van der Waals surface area contributed by atoms with Crippen LogP contribution < -0.4 is 29.6 Å². The number of aliphatic hydroxyl groups excluding tert-OH is 1. The third kappa shape index (κ3) is 16.1. The summed E-state index contributed by atoms with van der Waals surface area (Å²) in [5.41, 5.74) is 0. The average Bonchev–Trinajstić information content (AvgIpc) is 2.46. The first-order valence-electron chi connectivity index (χ1n) is 9.04. The maximum Gasteiger partial charge on any atom is 1.00 e. The Bertz CT molecular complexity index is 347. The van der Waals surface area contributed by atoms with Crippen LogP contribution in [-0.4, -0.2) is 29.4 Å². The van der Waals surface area contributed by atoms with Crippen LogP contribution >= 0.6 is 0 Å². The van der Waals surface area contributed by atoms with Crippen molar-refractivity contribution in [2.24, 2.45) is 0 Å². The van der Waals surface area contributed by atoms with Gasteiger partial charge in [0.05, 0.1) is 16.2 Å². The van der Waals surface area contributed by atoms with E-state index < -0.39 is 21.5 Å². The topological polar surface area (TPSA) is 77.4 Å². The fourth-order valence-electron chi connectivity index (χ4n) is 2.70. The monoisotopic (exact) mass is 358 g/mol. The molecular weight excluding hydrogens is 323 g/mol. The van der Waals surface area contributed by atoms with Crippen LogP contribution in [0.4, 0.5) is 0 Å². The van der Waals surface area contributed by atoms with Crippen molar-refractivity contribution < 1.29 is 47.6 Å². The molecule has 0 aliphatic carbocycles. The van der Waals surface area contributed by atoms with Crippen LogP contribution in [0.25, 0.3) is 0 Å². The fraction of sp³-hybridized carbons (Fsp3) is 1.00. The number of hydrogen-bond donors (Lipinski definition) is 1. The van der Waals surface area contributed by atoms with Crippen LogP contribution in [0.1, 0.15) is 97.3 Å². The molecule has 0 amide bonds. The summed E-state index contributed by atoms with van der Waals surface area (Å²) < 4.78 is 33.8. The van der Waals surface area contributed by atoms with Crippen molar-refractivity contribution in [3.05, 3.63) is 0 Å². The van der Waals surface area contributed by atoms with Crippen LogP contribution in [-0.2, 0) is 10.1 Å². The standard InChI is InChI=1S/C17H36O4S.Na/c1-3-5-6-7-8-9-10-11-12-13-17(22(19,20)21)15-14-16(18)4-2;/h16-18H,3-15H2,1-2H3,(H,19,20,21);/q;+1/p-1. The fourth-order valence-corrected chi connectivity index (χ4v) is 3.58. The molecule has 0 aromatic heterocycles. The smallest absolute Gasteiger partial charge is 0.748 e. The van der Waals surface area contributed by atoms with Gasteiger partial charge in [0.25, 0.3) is 0 Å². The van der Waals surface area contributed by atoms with Gasteiger partial charge in [-0.2, -0.15) is 0 Å². The molecule has 0 fully saturated rings. The Morgan fingerprint density at radius 2 is 1.30 bits per heavy atom. The van der Waals surface area contributed by atoms with E-state index in [2.05, 4.69) is 6.92 Å². The Labute approximate surface area is 165 Å². The van der Waals surface area contributed by atoms with Gasteiger partial charge in [-0.25, -0.2) is 8.42 Å². The third-order valence-electron chi connectivity index (χ3n) is 4.33. The van der Waals surface area contributed by atoms with E-state index in [1.165, 1.54) is 38.5 Å². The van der Waals surface area contributed by atoms with Crippen molar-refractivity contribution in [3.8, 4) is 0 Å². The Hall–Kier alpha value is 0.870. The van der Waals surface area contributed by atoms with Crippen LogP contribution in [0.5, 0.6) is 0 Å². The molecule has 2 unspecified atom stereocenters. The van der Waals surface area contributed by atoms with Gasteiger partial charge in [-0.15, -0.1) is 0 Å². The molecule has 0 spiro atoms. The normalized spacial score (nSPS) is 14.3. The first kappa shape index (κ1) is 26.1. The molecule has 0 aromatic carbocycles. The summed E-state index contributed by atoms with van der Waals surface area (Å²) in [7, 11) is -4.24. The van der Waals surface area contributed by atoms with Gasteiger partial charge in [0, 0.05) is 5.25 Å². The first-order valence-corrected chi connectivity index (χ1v) is 10.5. The minimum Gasteiger partial charge on any atom is -0.748 e. The number of rotatable bonds is 15. The zero-order valence-electron chi connectivity index (χ0n) is 15.4. The van der Waals surface area contributed by atoms with Crippen LogP contribution in [0, 0.1) is 0 Å². The molecule has 0 aliphatic rings. The van der Waals surface area contributed by atoms with Gasteiger partial charge < -0.3 is 9.66 Å². The van der Waals surface area contributed by atoms with E-state index >= 15 is 0 Å². The minimum absolute atomic E-state index is 0. The Morgan fingerprint density at radius 3 is 1.74 bits per heavy atom. The van der Waals surface area contributed by atoms with Crippen molar-refractivity contribution in [2.75, 3.05) is 0 Å². The van der Waals surface area contributed by atoms with E-state index in [1.54, 1.807) is 0 Å². The first-order chi connectivity index (χ1) is 10.4. The Balaban J connectivity index is 0. The summed E-state index contributed by atoms with van der Waals surface area (Å²) >= 11 is 0. The molecule has 23 heavy (non-hydrogen) atoms. The quantitative estimate of drug-likeness (QED) is 0.272. The molecule has 0 saturated heterocycles. The molecule has 4 nitrogen and oxygen atoms in total. The van der Waals surface area contributed by atoms with E-state index in [1.807, 2.05) is 6.92 Å². The van der Waals surface area contributed by atoms with Crippen molar-refractivity contribution in [3.63, 3.8) is 0 Å². The Kier molecular flexibility index (Phi) is 18.5. The summed E-state index contributed by atoms with van der Waals surface area (Å²) in [6, 6.07) is 0. The molecule has 134 valence electrons. The van der Waals surface area contributed by atoms with Crippen molar-refractivity contribution in [2.45, 2.75) is 109 Å². The molecule has 0 radical (unpaired) electrons. The van der Waals surface area contributed by atoms with E-state index in [4.69, 9.17) is 0 Å². The maximum atomic E-state index is 11.3. The second kappa shape index (κ2) is 16.3. The van der Waals surface area contributed by atoms with Crippen LogP contribution in [0.15, 0.2) is 0 Å². The van der Waals surface area contributed by atoms with Gasteiger partial charge in [0.1, 0.15) is 0 Å². The molecule has 0 heterocycles. The molecule has 0 aromatic rings. The summed E-state index contributed by atoms with van der Waals surface area (Å²) in [4.78, 5) is 0. The number of aliphatic hydroxyl groups is 1. The number of unbranched alkanes of at least 4 members (excludes halogenated alkanes) is 8. The molecule has 1 N–H and O–H groups in total. The molecule has 2 atom stereocenters. The summed E-state index contributed by atoms with van der Waals surface area (Å²) in [6.07, 6.45) is 11.8. The van der Waals surface area contributed by atoms with Crippen LogP contribution in [0.3, 0.4) is 0 Å². The zero-order valence-corrected chi connectivity index (χ0v) is 18.2. The SMILES string of the molecule is CCCCCCCCCCCC(CCC(O)CC)S(=O)(=O)[O-].[Na+]. The minimum atomic E-state index is -4.24. The van der Waals surface area contributed by atoms with Crippen molar-refractivity contribution in [1.82, 2.24) is 0 Å². The third-order valence-corrected chi connectivity index (χ3v) is 5.62. The van der Waals surface area contributed by atoms with E-state index in [0.29, 0.717) is 19.3 Å². The molecule has 0 rings (SSSR count). The van der Waals surface area contributed by atoms with Gasteiger partial charge in [-0.3, -0.25) is 0 Å². The zero-order chi connectivity index (χ0) is 16.8. The largest absolute Gasteiger partial charge is 1.00 e. The molecule has 0 bridgehead atoms. The van der Waals surface area contributed by atoms with E-state index in [0.717, 1.165) is 19.3 Å². The second-order valence-corrected chi connectivity index (χ2v) is 8.02. The summed E-state index contributed by atoms with van der Waals surface area (Å²) in [5, 5.41) is 8.68. The molecule has 0 saturated carbocycles. The molecule has 6 heteroatoms. The van der Waals surface area contributed by atoms with Crippen molar-refractivity contribution >= 4 is 10.1 Å². The summed E-state index contributed by atoms with van der Waals surface area (Å²) in [5.74, 6) is 0. The Morgan fingerprint density at radius 1 is 0.826 bits per heavy atom. The average molecular weight is 359 g/mol. The number of hydrogen-bond acceptors (Lipinski definition) is 4. The molecule has 0 aliphatic heterocycles. The predicted molar refractivity (Wildman–Crippen MR) is 90.9 cm³/mol.